The molecule has 0 unspecified atom stereocenters. The third-order valence-electron chi connectivity index (χ3n) is 5.38. The maximum absolute atomic E-state index is 11.9. The van der Waals surface area contributed by atoms with Crippen LogP contribution in [0.2, 0.25) is 0 Å². The van der Waals surface area contributed by atoms with Gasteiger partial charge in [-0.3, -0.25) is 28.8 Å². The summed E-state index contributed by atoms with van der Waals surface area (Å²) in [5, 5.41) is 0. The number of benzene rings is 1. The van der Waals surface area contributed by atoms with Gasteiger partial charge in [-0.15, -0.1) is 0 Å². The Labute approximate surface area is 177 Å². The molecular formula is C24H30O6. The fourth-order valence-corrected chi connectivity index (χ4v) is 3.62. The second-order valence-corrected chi connectivity index (χ2v) is 8.09. The first-order valence-corrected chi connectivity index (χ1v) is 9.97. The topological polar surface area (TPSA) is 102 Å². The number of carbonyl (C=O) groups is 6. The second-order valence-electron chi connectivity index (χ2n) is 8.09. The first-order valence-electron chi connectivity index (χ1n) is 9.97. The summed E-state index contributed by atoms with van der Waals surface area (Å²) in [4.78, 5) is 71.2. The number of ketones is 6. The zero-order chi connectivity index (χ0) is 23.2. The number of hydrogen-bond donors (Lipinski definition) is 0. The van der Waals surface area contributed by atoms with E-state index in [-0.39, 0.29) is 54.0 Å². The molecule has 0 bridgehead atoms. The van der Waals surface area contributed by atoms with Crippen LogP contribution >= 0.6 is 0 Å². The molecule has 0 N–H and O–H groups in total. The quantitative estimate of drug-likeness (QED) is 0.487. The van der Waals surface area contributed by atoms with Crippen molar-refractivity contribution in [2.45, 2.75) is 60.8 Å². The third kappa shape index (κ3) is 7.25. The van der Waals surface area contributed by atoms with Gasteiger partial charge in [-0.25, -0.2) is 0 Å². The highest BCUT2D eigenvalue weighted by atomic mass is 16.2. The van der Waals surface area contributed by atoms with E-state index in [4.69, 9.17) is 0 Å². The third-order valence-corrected chi connectivity index (χ3v) is 5.38. The van der Waals surface area contributed by atoms with Crippen molar-refractivity contribution < 1.29 is 28.8 Å². The molecule has 6 heteroatoms. The monoisotopic (exact) mass is 414 g/mol. The van der Waals surface area contributed by atoms with E-state index in [1.807, 2.05) is 0 Å². The minimum absolute atomic E-state index is 0.182. The standard InChI is InChI=1S/C24H30O6/c1-13(25)22(14(2)26)10-19-7-20(11-23(15(3)27)16(4)28)9-21(8-19)12-24(17(5)29)18(6)30/h7-9,22-24H,10-12H2,1-6H3. The molecular weight excluding hydrogens is 384 g/mol. The maximum Gasteiger partial charge on any atom is 0.140 e. The van der Waals surface area contributed by atoms with Crippen molar-refractivity contribution in [2.24, 2.45) is 17.8 Å². The van der Waals surface area contributed by atoms with E-state index in [2.05, 4.69) is 0 Å². The van der Waals surface area contributed by atoms with Crippen LogP contribution in [0.5, 0.6) is 0 Å². The highest BCUT2D eigenvalue weighted by Crippen LogP contribution is 2.22. The van der Waals surface area contributed by atoms with Gasteiger partial charge in [0.1, 0.15) is 34.7 Å². The summed E-state index contributed by atoms with van der Waals surface area (Å²) in [7, 11) is 0. The van der Waals surface area contributed by atoms with Crippen LogP contribution < -0.4 is 0 Å². The maximum atomic E-state index is 11.9. The molecule has 0 heterocycles. The van der Waals surface area contributed by atoms with Crippen LogP contribution in [0.1, 0.15) is 58.2 Å². The minimum Gasteiger partial charge on any atom is -0.299 e. The van der Waals surface area contributed by atoms with E-state index in [9.17, 15) is 28.8 Å². The van der Waals surface area contributed by atoms with Gasteiger partial charge in [-0.05, 0) is 77.5 Å². The summed E-state index contributed by atoms with van der Waals surface area (Å²) in [6.45, 7) is 8.17. The molecule has 6 nitrogen and oxygen atoms in total. The molecule has 1 aromatic carbocycles. The largest absolute Gasteiger partial charge is 0.299 e. The fourth-order valence-electron chi connectivity index (χ4n) is 3.62. The fraction of sp³-hybridized carbons (Fsp3) is 0.500. The van der Waals surface area contributed by atoms with E-state index in [1.165, 1.54) is 41.5 Å². The molecule has 1 aromatic rings. The molecule has 0 radical (unpaired) electrons. The average molecular weight is 414 g/mol. The summed E-state index contributed by atoms with van der Waals surface area (Å²) < 4.78 is 0. The average Bonchev–Trinajstić information content (AvgIpc) is 2.60. The van der Waals surface area contributed by atoms with Gasteiger partial charge < -0.3 is 0 Å². The summed E-state index contributed by atoms with van der Waals surface area (Å²) in [6.07, 6.45) is 0.545. The van der Waals surface area contributed by atoms with Gasteiger partial charge in [0.05, 0.1) is 17.8 Å². The van der Waals surface area contributed by atoms with E-state index in [1.54, 1.807) is 18.2 Å². The van der Waals surface area contributed by atoms with Gasteiger partial charge in [0.2, 0.25) is 0 Å². The number of hydrogen-bond acceptors (Lipinski definition) is 6. The van der Waals surface area contributed by atoms with Crippen LogP contribution in [0.15, 0.2) is 18.2 Å². The zero-order valence-corrected chi connectivity index (χ0v) is 18.5. The lowest BCUT2D eigenvalue weighted by Gasteiger charge is -2.17. The highest BCUT2D eigenvalue weighted by Gasteiger charge is 2.25. The first-order chi connectivity index (χ1) is 13.8. The molecule has 30 heavy (non-hydrogen) atoms. The molecule has 0 saturated heterocycles. The first kappa shape index (κ1) is 25.3. The molecule has 0 atom stereocenters. The molecule has 0 saturated carbocycles. The van der Waals surface area contributed by atoms with Crippen LogP contribution in [-0.4, -0.2) is 34.7 Å². The van der Waals surface area contributed by atoms with E-state index in [0.29, 0.717) is 16.7 Å². The van der Waals surface area contributed by atoms with Gasteiger partial charge in [-0.2, -0.15) is 0 Å². The Morgan fingerprint density at radius 3 is 0.767 bits per heavy atom. The molecule has 0 aliphatic heterocycles. The summed E-state index contributed by atoms with van der Waals surface area (Å²) in [5.41, 5.74) is 2.07. The lowest BCUT2D eigenvalue weighted by atomic mass is 9.85. The highest BCUT2D eigenvalue weighted by molar-refractivity contribution is 6.01. The molecule has 0 amide bonds. The van der Waals surface area contributed by atoms with Crippen LogP contribution in [-0.2, 0) is 48.0 Å². The van der Waals surface area contributed by atoms with Gasteiger partial charge >= 0.3 is 0 Å². The number of rotatable bonds is 12. The van der Waals surface area contributed by atoms with Crippen molar-refractivity contribution >= 4 is 34.7 Å². The summed E-state index contributed by atoms with van der Waals surface area (Å²) in [6, 6.07) is 5.33. The van der Waals surface area contributed by atoms with Gasteiger partial charge in [0.25, 0.3) is 0 Å². The van der Waals surface area contributed by atoms with Crippen LogP contribution in [0, 0.1) is 17.8 Å². The summed E-state index contributed by atoms with van der Waals surface area (Å²) >= 11 is 0. The Balaban J connectivity index is 3.42. The number of Topliss-reactive ketones (excluding diaryl/α,β-unsaturated/α-hetero) is 6. The van der Waals surface area contributed by atoms with Crippen molar-refractivity contribution in [3.05, 3.63) is 34.9 Å². The van der Waals surface area contributed by atoms with E-state index in [0.717, 1.165) is 0 Å². The Bertz CT molecular complexity index is 711. The molecule has 0 fully saturated rings. The zero-order valence-electron chi connectivity index (χ0n) is 18.5. The van der Waals surface area contributed by atoms with Crippen LogP contribution in [0.4, 0.5) is 0 Å². The predicted octanol–water partition coefficient (Wildman–Crippen LogP) is 2.70. The molecule has 162 valence electrons. The Hall–Kier alpha value is -2.76. The summed E-state index contributed by atoms with van der Waals surface area (Å²) in [5.74, 6) is -3.84. The van der Waals surface area contributed by atoms with Crippen LogP contribution in [0.3, 0.4) is 0 Å². The van der Waals surface area contributed by atoms with Crippen molar-refractivity contribution in [1.29, 1.82) is 0 Å². The van der Waals surface area contributed by atoms with Crippen molar-refractivity contribution in [2.75, 3.05) is 0 Å². The molecule has 0 aliphatic rings. The lowest BCUT2D eigenvalue weighted by molar-refractivity contribution is -0.131. The Kier molecular flexibility index (Phi) is 9.15. The van der Waals surface area contributed by atoms with E-state index >= 15 is 0 Å². The minimum atomic E-state index is -0.791. The normalized spacial score (nSPS) is 11.1. The van der Waals surface area contributed by atoms with Gasteiger partial charge in [0.15, 0.2) is 0 Å². The van der Waals surface area contributed by atoms with Crippen molar-refractivity contribution in [1.82, 2.24) is 0 Å². The molecule has 0 spiro atoms. The SMILES string of the molecule is CC(=O)C(Cc1cc(CC(C(C)=O)C(C)=O)cc(CC(C(C)=O)C(C)=O)c1)C(C)=O. The van der Waals surface area contributed by atoms with Crippen molar-refractivity contribution in [3.8, 4) is 0 Å². The Morgan fingerprint density at radius 1 is 0.467 bits per heavy atom. The smallest absolute Gasteiger partial charge is 0.140 e. The van der Waals surface area contributed by atoms with Crippen molar-refractivity contribution in [3.63, 3.8) is 0 Å². The van der Waals surface area contributed by atoms with Gasteiger partial charge in [-0.1, -0.05) is 18.2 Å². The van der Waals surface area contributed by atoms with Crippen LogP contribution in [0.25, 0.3) is 0 Å². The molecule has 0 aromatic heterocycles. The number of carbonyl (C=O) groups excluding carboxylic acids is 6. The second kappa shape index (κ2) is 10.9. The van der Waals surface area contributed by atoms with Gasteiger partial charge in [0, 0.05) is 0 Å². The van der Waals surface area contributed by atoms with E-state index < -0.39 is 17.8 Å². The Morgan fingerprint density at radius 2 is 0.633 bits per heavy atom. The molecule has 1 rings (SSSR count). The lowest BCUT2D eigenvalue weighted by Crippen LogP contribution is -2.24. The molecule has 0 aliphatic carbocycles. The predicted molar refractivity (Wildman–Crippen MR) is 112 cm³/mol.